The van der Waals surface area contributed by atoms with Crippen LogP contribution >= 0.6 is 11.6 Å². The zero-order valence-corrected chi connectivity index (χ0v) is 11.8. The van der Waals surface area contributed by atoms with Crippen LogP contribution in [0.1, 0.15) is 25.8 Å². The molecule has 19 heavy (non-hydrogen) atoms. The molecule has 1 aromatic rings. The van der Waals surface area contributed by atoms with E-state index in [2.05, 4.69) is 5.32 Å². The first-order valence-electron chi connectivity index (χ1n) is 6.06. The maximum absolute atomic E-state index is 11.6. The molecule has 0 aromatic heterocycles. The molecule has 104 valence electrons. The van der Waals surface area contributed by atoms with E-state index in [-0.39, 0.29) is 12.3 Å². The molecular weight excluding hydrogens is 266 g/mol. The van der Waals surface area contributed by atoms with E-state index in [4.69, 9.17) is 16.7 Å². The lowest BCUT2D eigenvalue weighted by Crippen LogP contribution is -2.34. The fourth-order valence-corrected chi connectivity index (χ4v) is 1.66. The van der Waals surface area contributed by atoms with E-state index in [0.29, 0.717) is 18.0 Å². The minimum atomic E-state index is -1.04. The van der Waals surface area contributed by atoms with Gasteiger partial charge in [-0.15, -0.1) is 0 Å². The Morgan fingerprint density at radius 2 is 1.84 bits per heavy atom. The minimum absolute atomic E-state index is 0.0249. The second-order valence-corrected chi connectivity index (χ2v) is 5.53. The molecule has 0 heterocycles. The Kier molecular flexibility index (Phi) is 5.36. The van der Waals surface area contributed by atoms with E-state index < -0.39 is 11.4 Å². The van der Waals surface area contributed by atoms with Gasteiger partial charge < -0.3 is 10.4 Å². The van der Waals surface area contributed by atoms with Gasteiger partial charge in [0.05, 0.1) is 5.41 Å². The summed E-state index contributed by atoms with van der Waals surface area (Å²) in [5.74, 6) is -1.22. The molecule has 5 heteroatoms. The summed E-state index contributed by atoms with van der Waals surface area (Å²) in [7, 11) is 0. The van der Waals surface area contributed by atoms with Gasteiger partial charge in [-0.2, -0.15) is 0 Å². The Morgan fingerprint density at radius 3 is 2.37 bits per heavy atom. The number of carbonyl (C=O) groups is 2. The Bertz CT molecular complexity index is 454. The molecule has 0 aliphatic heterocycles. The quantitative estimate of drug-likeness (QED) is 0.843. The average Bonchev–Trinajstić information content (AvgIpc) is 2.31. The first kappa shape index (κ1) is 15.5. The van der Waals surface area contributed by atoms with Gasteiger partial charge in [-0.05, 0) is 38.0 Å². The molecular formula is C14H18ClNO3. The first-order valence-corrected chi connectivity index (χ1v) is 6.43. The summed E-state index contributed by atoms with van der Waals surface area (Å²) < 4.78 is 0. The van der Waals surface area contributed by atoms with Gasteiger partial charge in [-0.3, -0.25) is 9.59 Å². The predicted octanol–water partition coefficient (Wildman–Crippen LogP) is 2.50. The number of benzene rings is 1. The second-order valence-electron chi connectivity index (χ2n) is 5.09. The summed E-state index contributed by atoms with van der Waals surface area (Å²) >= 11 is 5.77. The fraction of sp³-hybridized carbons (Fsp3) is 0.429. The van der Waals surface area contributed by atoms with Crippen LogP contribution in [0.15, 0.2) is 24.3 Å². The fourth-order valence-electron chi connectivity index (χ4n) is 1.54. The van der Waals surface area contributed by atoms with Crippen molar-refractivity contribution in [3.63, 3.8) is 0 Å². The minimum Gasteiger partial charge on any atom is -0.481 e. The van der Waals surface area contributed by atoms with E-state index in [1.54, 1.807) is 12.1 Å². The summed E-state index contributed by atoms with van der Waals surface area (Å²) in [6.07, 6.45) is 0.666. The Hall–Kier alpha value is -1.55. The van der Waals surface area contributed by atoms with Gasteiger partial charge in [0.15, 0.2) is 0 Å². The number of amides is 1. The third kappa shape index (κ3) is 5.30. The zero-order chi connectivity index (χ0) is 14.5. The third-order valence-corrected chi connectivity index (χ3v) is 3.08. The molecule has 0 spiro atoms. The van der Waals surface area contributed by atoms with Crippen LogP contribution < -0.4 is 5.32 Å². The predicted molar refractivity (Wildman–Crippen MR) is 74.2 cm³/mol. The summed E-state index contributed by atoms with van der Waals surface area (Å²) in [5.41, 5.74) is 0.0341. The van der Waals surface area contributed by atoms with Crippen molar-refractivity contribution in [2.45, 2.75) is 26.7 Å². The van der Waals surface area contributed by atoms with Gasteiger partial charge in [0.1, 0.15) is 0 Å². The summed E-state index contributed by atoms with van der Waals surface area (Å²) in [6, 6.07) is 7.39. The van der Waals surface area contributed by atoms with Gasteiger partial charge in [0.25, 0.3) is 0 Å². The molecule has 0 bridgehead atoms. The molecule has 0 saturated heterocycles. The van der Waals surface area contributed by atoms with Crippen molar-refractivity contribution in [1.29, 1.82) is 0 Å². The monoisotopic (exact) mass is 283 g/mol. The molecule has 0 unspecified atom stereocenters. The zero-order valence-electron chi connectivity index (χ0n) is 11.1. The van der Waals surface area contributed by atoms with E-state index in [1.165, 1.54) is 13.8 Å². The number of carboxylic acid groups (broad SMARTS) is 1. The molecule has 1 amide bonds. The lowest BCUT2D eigenvalue weighted by atomic mass is 9.89. The number of carboxylic acids is 1. The van der Waals surface area contributed by atoms with Crippen molar-refractivity contribution >= 4 is 23.5 Å². The SMILES string of the molecule is CC(C)(CC(=O)NCCc1ccc(Cl)cc1)C(=O)O. The molecule has 0 aliphatic carbocycles. The highest BCUT2D eigenvalue weighted by molar-refractivity contribution is 6.30. The van der Waals surface area contributed by atoms with Crippen molar-refractivity contribution in [2.75, 3.05) is 6.54 Å². The van der Waals surface area contributed by atoms with Crippen molar-refractivity contribution in [3.05, 3.63) is 34.9 Å². The number of hydrogen-bond acceptors (Lipinski definition) is 2. The van der Waals surface area contributed by atoms with Crippen LogP contribution in [-0.4, -0.2) is 23.5 Å². The number of halogens is 1. The van der Waals surface area contributed by atoms with Crippen molar-refractivity contribution in [1.82, 2.24) is 5.32 Å². The number of nitrogens with one attached hydrogen (secondary N) is 1. The topological polar surface area (TPSA) is 66.4 Å². The maximum atomic E-state index is 11.6. The van der Waals surface area contributed by atoms with E-state index in [9.17, 15) is 9.59 Å². The van der Waals surface area contributed by atoms with E-state index in [0.717, 1.165) is 5.56 Å². The molecule has 0 radical (unpaired) electrons. The van der Waals surface area contributed by atoms with Gasteiger partial charge in [0.2, 0.25) is 5.91 Å². The van der Waals surface area contributed by atoms with Crippen LogP contribution in [0.25, 0.3) is 0 Å². The molecule has 0 fully saturated rings. The molecule has 0 aliphatic rings. The number of aliphatic carboxylic acids is 1. The molecule has 4 nitrogen and oxygen atoms in total. The third-order valence-electron chi connectivity index (χ3n) is 2.83. The van der Waals surface area contributed by atoms with Crippen molar-refractivity contribution in [2.24, 2.45) is 5.41 Å². The summed E-state index contributed by atoms with van der Waals surface area (Å²) in [5, 5.41) is 12.3. The Balaban J connectivity index is 2.35. The van der Waals surface area contributed by atoms with Crippen LogP contribution in [0.4, 0.5) is 0 Å². The Morgan fingerprint density at radius 1 is 1.26 bits per heavy atom. The average molecular weight is 284 g/mol. The molecule has 2 N–H and O–H groups in total. The van der Waals surface area contributed by atoms with Crippen LogP contribution in [0.2, 0.25) is 5.02 Å². The number of rotatable bonds is 6. The van der Waals surface area contributed by atoms with Gasteiger partial charge in [-0.1, -0.05) is 23.7 Å². The van der Waals surface area contributed by atoms with Gasteiger partial charge in [0, 0.05) is 18.0 Å². The largest absolute Gasteiger partial charge is 0.481 e. The Labute approximate surface area is 117 Å². The van der Waals surface area contributed by atoms with E-state index >= 15 is 0 Å². The van der Waals surface area contributed by atoms with Crippen molar-refractivity contribution < 1.29 is 14.7 Å². The van der Waals surface area contributed by atoms with E-state index in [1.807, 2.05) is 12.1 Å². The summed E-state index contributed by atoms with van der Waals surface area (Å²) in [4.78, 5) is 22.5. The number of carbonyl (C=O) groups excluding carboxylic acids is 1. The van der Waals surface area contributed by atoms with Gasteiger partial charge in [-0.25, -0.2) is 0 Å². The molecule has 1 aromatic carbocycles. The van der Waals surface area contributed by atoms with Crippen molar-refractivity contribution in [3.8, 4) is 0 Å². The lowest BCUT2D eigenvalue weighted by molar-refractivity contribution is -0.149. The van der Waals surface area contributed by atoms with Crippen LogP contribution in [0, 0.1) is 5.41 Å². The standard InChI is InChI=1S/C14H18ClNO3/c1-14(2,13(18)19)9-12(17)16-8-7-10-3-5-11(15)6-4-10/h3-6H,7-9H2,1-2H3,(H,16,17)(H,18,19). The molecule has 0 saturated carbocycles. The van der Waals surface area contributed by atoms with Crippen LogP contribution in [0.3, 0.4) is 0 Å². The first-order chi connectivity index (χ1) is 8.81. The van der Waals surface area contributed by atoms with Gasteiger partial charge >= 0.3 is 5.97 Å². The van der Waals surface area contributed by atoms with Crippen LogP contribution in [0.5, 0.6) is 0 Å². The lowest BCUT2D eigenvalue weighted by Gasteiger charge is -2.18. The van der Waals surface area contributed by atoms with Crippen LogP contribution in [-0.2, 0) is 16.0 Å². The summed E-state index contributed by atoms with van der Waals surface area (Å²) in [6.45, 7) is 3.55. The maximum Gasteiger partial charge on any atom is 0.309 e. The second kappa shape index (κ2) is 6.57. The highest BCUT2D eigenvalue weighted by atomic mass is 35.5. The highest BCUT2D eigenvalue weighted by Crippen LogP contribution is 2.19. The molecule has 1 rings (SSSR count). The normalized spacial score (nSPS) is 11.1. The molecule has 0 atom stereocenters. The smallest absolute Gasteiger partial charge is 0.309 e. The number of hydrogen-bond donors (Lipinski definition) is 2. The highest BCUT2D eigenvalue weighted by Gasteiger charge is 2.29.